The van der Waals surface area contributed by atoms with E-state index in [9.17, 15) is 4.57 Å². The molecule has 3 rings (SSSR count). The Morgan fingerprint density at radius 3 is 2.46 bits per heavy atom. The molecule has 3 fully saturated rings. The van der Waals surface area contributed by atoms with E-state index in [1.807, 2.05) is 0 Å². The van der Waals surface area contributed by atoms with Crippen LogP contribution in [0.3, 0.4) is 0 Å². The zero-order valence-corrected chi connectivity index (χ0v) is 18.8. The summed E-state index contributed by atoms with van der Waals surface area (Å²) in [5.74, 6) is 0.107. The summed E-state index contributed by atoms with van der Waals surface area (Å²) < 4.78 is 46.4. The molecule has 0 bridgehead atoms. The van der Waals surface area contributed by atoms with Gasteiger partial charge in [0.1, 0.15) is 5.60 Å². The van der Waals surface area contributed by atoms with Crippen molar-refractivity contribution in [1.29, 1.82) is 0 Å². The highest BCUT2D eigenvalue weighted by Gasteiger charge is 2.71. The summed E-state index contributed by atoms with van der Waals surface area (Å²) >= 11 is 0. The molecule has 1 spiro atoms. The molecule has 0 unspecified atom stereocenters. The van der Waals surface area contributed by atoms with Gasteiger partial charge in [0.2, 0.25) is 0 Å². The highest BCUT2D eigenvalue weighted by molar-refractivity contribution is 7.53. The Hall–Kier alpha value is -0.270. The Labute approximate surface area is 168 Å². The van der Waals surface area contributed by atoms with E-state index in [1.54, 1.807) is 7.11 Å². The van der Waals surface area contributed by atoms with Crippen molar-refractivity contribution in [2.45, 2.75) is 69.5 Å². The van der Waals surface area contributed by atoms with Gasteiger partial charge in [-0.1, -0.05) is 11.6 Å². The predicted molar refractivity (Wildman–Crippen MR) is 106 cm³/mol. The molecule has 28 heavy (non-hydrogen) atoms. The largest absolute Gasteiger partial charge is 0.378 e. The summed E-state index contributed by atoms with van der Waals surface area (Å²) in [6, 6.07) is 0. The van der Waals surface area contributed by atoms with Gasteiger partial charge >= 0.3 is 7.60 Å². The van der Waals surface area contributed by atoms with E-state index in [2.05, 4.69) is 26.8 Å². The molecule has 0 aromatic carbocycles. The maximum absolute atomic E-state index is 12.3. The highest BCUT2D eigenvalue weighted by atomic mass is 31.2. The normalized spacial score (nSPS) is 39.8. The van der Waals surface area contributed by atoms with Crippen LogP contribution in [0.15, 0.2) is 11.6 Å². The van der Waals surface area contributed by atoms with Gasteiger partial charge in [-0.05, 0) is 40.0 Å². The average Bonchev–Trinajstić information content (AvgIpc) is 3.58. The maximum Gasteiger partial charge on any atom is 0.332 e. The fourth-order valence-corrected chi connectivity index (χ4v) is 5.54. The van der Waals surface area contributed by atoms with E-state index in [4.69, 9.17) is 28.0 Å². The van der Waals surface area contributed by atoms with Gasteiger partial charge in [-0.3, -0.25) is 4.57 Å². The monoisotopic (exact) mass is 418 g/mol. The van der Waals surface area contributed by atoms with Crippen molar-refractivity contribution in [3.63, 3.8) is 0 Å². The minimum absolute atomic E-state index is 0.0999. The third-order valence-corrected chi connectivity index (χ3v) is 8.33. The molecule has 8 heteroatoms. The lowest BCUT2D eigenvalue weighted by molar-refractivity contribution is -0.136. The molecule has 6 atom stereocenters. The Morgan fingerprint density at radius 1 is 1.25 bits per heavy atom. The highest BCUT2D eigenvalue weighted by Crippen LogP contribution is 2.59. The summed E-state index contributed by atoms with van der Waals surface area (Å²) in [7, 11) is 1.44. The molecule has 1 saturated carbocycles. The molecule has 1 aliphatic carbocycles. The fourth-order valence-electron chi connectivity index (χ4n) is 4.70. The first kappa shape index (κ1) is 22.4. The summed E-state index contributed by atoms with van der Waals surface area (Å²) in [6.07, 6.45) is 5.04. The second-order valence-corrected chi connectivity index (χ2v) is 10.9. The standard InChI is InChI=1S/C20H35O7P/c1-14(2)7-8-16-19(3,27-16)18-17(22-4)15(9-10-20(18)13-26-20)25-11-12-28(21,23-5)24-6/h7,15-18H,8-13H2,1-6H3/t15-,16-,17-,18-,19+,20+/m1/s1. The van der Waals surface area contributed by atoms with Crippen LogP contribution in [0.2, 0.25) is 0 Å². The van der Waals surface area contributed by atoms with E-state index < -0.39 is 7.60 Å². The van der Waals surface area contributed by atoms with Gasteiger partial charge in [-0.2, -0.15) is 0 Å². The molecular weight excluding hydrogens is 383 g/mol. The van der Waals surface area contributed by atoms with Gasteiger partial charge in [0.05, 0.1) is 49.2 Å². The number of epoxide rings is 2. The minimum Gasteiger partial charge on any atom is -0.378 e. The lowest BCUT2D eigenvalue weighted by Crippen LogP contribution is -2.55. The van der Waals surface area contributed by atoms with E-state index in [-0.39, 0.29) is 41.6 Å². The summed E-state index contributed by atoms with van der Waals surface area (Å²) in [6.45, 7) is 7.42. The summed E-state index contributed by atoms with van der Waals surface area (Å²) in [5, 5.41) is 0. The molecule has 0 amide bonds. The van der Waals surface area contributed by atoms with Crippen molar-refractivity contribution in [3.05, 3.63) is 11.6 Å². The van der Waals surface area contributed by atoms with Crippen LogP contribution < -0.4 is 0 Å². The van der Waals surface area contributed by atoms with Crippen LogP contribution in [-0.2, 0) is 32.6 Å². The smallest absolute Gasteiger partial charge is 0.332 e. The number of methoxy groups -OCH3 is 1. The molecule has 2 aliphatic heterocycles. The lowest BCUT2D eigenvalue weighted by Gasteiger charge is -2.43. The topological polar surface area (TPSA) is 79.1 Å². The summed E-state index contributed by atoms with van der Waals surface area (Å²) in [4.78, 5) is 0. The molecular formula is C20H35O7P. The molecule has 3 aliphatic rings. The predicted octanol–water partition coefficient (Wildman–Crippen LogP) is 3.57. The van der Waals surface area contributed by atoms with Crippen molar-refractivity contribution in [2.75, 3.05) is 40.7 Å². The van der Waals surface area contributed by atoms with Crippen LogP contribution in [0, 0.1) is 5.92 Å². The van der Waals surface area contributed by atoms with Crippen molar-refractivity contribution < 1.29 is 32.6 Å². The van der Waals surface area contributed by atoms with Crippen LogP contribution in [-0.4, -0.2) is 70.2 Å². The number of hydrogen-bond donors (Lipinski definition) is 0. The van der Waals surface area contributed by atoms with Crippen LogP contribution in [0.4, 0.5) is 0 Å². The van der Waals surface area contributed by atoms with Crippen LogP contribution in [0.25, 0.3) is 0 Å². The SMILES string of the molecule is CO[C@@H]1[C@H](OCCP(=O)(OC)OC)CC[C@]2(CO2)[C@H]1[C@@]1(C)O[C@@H]1CC=C(C)C. The Kier molecular flexibility index (Phi) is 6.77. The van der Waals surface area contributed by atoms with E-state index in [1.165, 1.54) is 19.8 Å². The van der Waals surface area contributed by atoms with E-state index >= 15 is 0 Å². The zero-order chi connectivity index (χ0) is 20.6. The first-order chi connectivity index (χ1) is 13.2. The van der Waals surface area contributed by atoms with Gasteiger partial charge < -0.3 is 28.0 Å². The van der Waals surface area contributed by atoms with Crippen LogP contribution >= 0.6 is 7.60 Å². The number of hydrogen-bond acceptors (Lipinski definition) is 7. The molecule has 0 radical (unpaired) electrons. The molecule has 2 heterocycles. The quantitative estimate of drug-likeness (QED) is 0.305. The van der Waals surface area contributed by atoms with E-state index in [0.29, 0.717) is 6.61 Å². The third-order valence-electron chi connectivity index (χ3n) is 6.49. The Balaban J connectivity index is 1.67. The molecule has 0 aromatic heterocycles. The molecule has 0 N–H and O–H groups in total. The molecule has 162 valence electrons. The molecule has 0 aromatic rings. The first-order valence-corrected chi connectivity index (χ1v) is 11.8. The second kappa shape index (κ2) is 8.46. The average molecular weight is 418 g/mol. The van der Waals surface area contributed by atoms with Crippen molar-refractivity contribution in [3.8, 4) is 0 Å². The number of ether oxygens (including phenoxy) is 4. The van der Waals surface area contributed by atoms with Gasteiger partial charge in [-0.25, -0.2) is 0 Å². The van der Waals surface area contributed by atoms with Crippen molar-refractivity contribution >= 4 is 7.60 Å². The second-order valence-electron chi connectivity index (χ2n) is 8.49. The fraction of sp³-hybridized carbons (Fsp3) is 0.900. The lowest BCUT2D eigenvalue weighted by atomic mass is 9.68. The van der Waals surface area contributed by atoms with Crippen molar-refractivity contribution in [2.24, 2.45) is 5.92 Å². The minimum atomic E-state index is -3.08. The van der Waals surface area contributed by atoms with E-state index in [0.717, 1.165) is 25.9 Å². The number of allylic oxidation sites excluding steroid dienone is 1. The van der Waals surface area contributed by atoms with Crippen LogP contribution in [0.5, 0.6) is 0 Å². The zero-order valence-electron chi connectivity index (χ0n) is 17.9. The summed E-state index contributed by atoms with van der Waals surface area (Å²) in [5.41, 5.74) is 0.854. The Bertz CT molecular complexity index is 620. The Morgan fingerprint density at radius 2 is 1.93 bits per heavy atom. The molecule has 7 nitrogen and oxygen atoms in total. The van der Waals surface area contributed by atoms with Gasteiger partial charge in [0.25, 0.3) is 0 Å². The third kappa shape index (κ3) is 4.41. The van der Waals surface area contributed by atoms with Gasteiger partial charge in [0, 0.05) is 21.3 Å². The van der Waals surface area contributed by atoms with Gasteiger partial charge in [-0.15, -0.1) is 0 Å². The van der Waals surface area contributed by atoms with Crippen molar-refractivity contribution in [1.82, 2.24) is 0 Å². The maximum atomic E-state index is 12.3. The van der Waals surface area contributed by atoms with Gasteiger partial charge in [0.15, 0.2) is 0 Å². The molecule has 2 saturated heterocycles. The first-order valence-electron chi connectivity index (χ1n) is 10.0. The number of rotatable bonds is 10. The van der Waals surface area contributed by atoms with Crippen LogP contribution in [0.1, 0.15) is 40.0 Å².